The molecule has 0 radical (unpaired) electrons. The Morgan fingerprint density at radius 1 is 1.22 bits per heavy atom. The summed E-state index contributed by atoms with van der Waals surface area (Å²) in [6.07, 6.45) is -4.45. The number of benzene rings is 1. The number of hydrogen-bond donors (Lipinski definition) is 1. The molecule has 1 aromatic rings. The number of morpholine rings is 1. The van der Waals surface area contributed by atoms with Crippen LogP contribution < -0.4 is 5.32 Å². The molecule has 0 aromatic heterocycles. The molecule has 1 fully saturated rings. The molecule has 1 aromatic carbocycles. The van der Waals surface area contributed by atoms with E-state index in [-0.39, 0.29) is 17.7 Å². The first kappa shape index (κ1) is 17.7. The van der Waals surface area contributed by atoms with Crippen LogP contribution in [0, 0.1) is 0 Å². The van der Waals surface area contributed by atoms with Gasteiger partial charge in [0.25, 0.3) is 5.91 Å². The quantitative estimate of drug-likeness (QED) is 0.907. The van der Waals surface area contributed by atoms with Crippen LogP contribution in [0.5, 0.6) is 0 Å². The van der Waals surface area contributed by atoms with E-state index in [1.165, 1.54) is 0 Å². The maximum Gasteiger partial charge on any atom is 0.416 e. The maximum atomic E-state index is 13.2. The van der Waals surface area contributed by atoms with E-state index >= 15 is 0 Å². The van der Waals surface area contributed by atoms with Crippen LogP contribution in [-0.2, 0) is 24.0 Å². The number of alkyl halides is 3. The van der Waals surface area contributed by atoms with E-state index < -0.39 is 17.6 Å². The van der Waals surface area contributed by atoms with Crippen molar-refractivity contribution in [3.63, 3.8) is 0 Å². The lowest BCUT2D eigenvalue weighted by Gasteiger charge is -2.27. The Labute approximate surface area is 133 Å². The Hall–Kier alpha value is -1.60. The second-order valence-electron chi connectivity index (χ2n) is 5.24. The molecule has 0 saturated carbocycles. The fourth-order valence-electron chi connectivity index (χ4n) is 2.75. The third kappa shape index (κ3) is 4.03. The minimum absolute atomic E-state index is 0.0539. The Kier molecular flexibility index (Phi) is 5.64. The third-order valence-corrected chi connectivity index (χ3v) is 3.80. The summed E-state index contributed by atoms with van der Waals surface area (Å²) < 4.78 is 44.7. The van der Waals surface area contributed by atoms with Crippen LogP contribution in [0.3, 0.4) is 0 Å². The smallest absolute Gasteiger partial charge is 0.379 e. The summed E-state index contributed by atoms with van der Waals surface area (Å²) in [5.74, 6) is -0.431. The fraction of sp³-hybridized carbons (Fsp3) is 0.562. The average molecular weight is 330 g/mol. The Bertz CT molecular complexity index is 567. The van der Waals surface area contributed by atoms with Gasteiger partial charge in [0.2, 0.25) is 0 Å². The minimum Gasteiger partial charge on any atom is -0.379 e. The van der Waals surface area contributed by atoms with Crippen LogP contribution in [0.1, 0.15) is 40.9 Å². The van der Waals surface area contributed by atoms with Crippen LogP contribution in [0.25, 0.3) is 0 Å². The molecule has 7 heteroatoms. The highest BCUT2D eigenvalue weighted by atomic mass is 19.4. The lowest BCUT2D eigenvalue weighted by Crippen LogP contribution is -2.35. The summed E-state index contributed by atoms with van der Waals surface area (Å²) in [6, 6.07) is 2.73. The first-order valence-corrected chi connectivity index (χ1v) is 7.76. The zero-order valence-electron chi connectivity index (χ0n) is 13.3. The molecule has 2 heterocycles. The lowest BCUT2D eigenvalue weighted by molar-refractivity contribution is -0.138. The molecular formula is C16H21F3N2O2. The molecule has 1 N–H and O–H groups in total. The number of carbonyl (C=O) groups is 1. The number of fused-ring (bicyclic) bond motifs is 1. The van der Waals surface area contributed by atoms with E-state index in [9.17, 15) is 18.0 Å². The zero-order valence-corrected chi connectivity index (χ0v) is 13.3. The predicted octanol–water partition coefficient (Wildman–Crippen LogP) is 2.81. The van der Waals surface area contributed by atoms with Gasteiger partial charge in [0.05, 0.1) is 18.8 Å². The van der Waals surface area contributed by atoms with E-state index in [1.807, 2.05) is 18.7 Å². The molecule has 2 aliphatic rings. The molecule has 0 bridgehead atoms. The summed E-state index contributed by atoms with van der Waals surface area (Å²) in [5, 5.41) is 2.46. The topological polar surface area (TPSA) is 41.6 Å². The van der Waals surface area contributed by atoms with Crippen molar-refractivity contribution in [1.29, 1.82) is 0 Å². The maximum absolute atomic E-state index is 13.2. The molecule has 23 heavy (non-hydrogen) atoms. The summed E-state index contributed by atoms with van der Waals surface area (Å²) >= 11 is 0. The highest BCUT2D eigenvalue weighted by Crippen LogP contribution is 2.36. The first-order valence-electron chi connectivity index (χ1n) is 7.76. The molecule has 0 atom stereocenters. The van der Waals surface area contributed by atoms with Crippen LogP contribution in [0.4, 0.5) is 13.2 Å². The van der Waals surface area contributed by atoms with Crippen molar-refractivity contribution in [2.75, 3.05) is 26.3 Å². The van der Waals surface area contributed by atoms with Crippen LogP contribution in [-0.4, -0.2) is 37.1 Å². The van der Waals surface area contributed by atoms with Gasteiger partial charge < -0.3 is 10.1 Å². The number of hydrogen-bond acceptors (Lipinski definition) is 3. The average Bonchev–Trinajstić information content (AvgIpc) is 2.90. The van der Waals surface area contributed by atoms with Crippen LogP contribution in [0.15, 0.2) is 12.1 Å². The standard InChI is InChI=1S/C14H15F3N2O2.C2H6/c15-14(16,17)12-6-9(8-19-1-3-21-4-2-19)5-10-11(12)7-18-13(10)20;1-2/h5-6H,1-4,7-8H2,(H,18,20);1-2H3. The number of amides is 1. The number of carbonyl (C=O) groups excluding carboxylic acids is 1. The summed E-state index contributed by atoms with van der Waals surface area (Å²) in [7, 11) is 0. The van der Waals surface area contributed by atoms with Crippen molar-refractivity contribution in [3.8, 4) is 0 Å². The molecule has 4 nitrogen and oxygen atoms in total. The largest absolute Gasteiger partial charge is 0.416 e. The van der Waals surface area contributed by atoms with Crippen molar-refractivity contribution in [3.05, 3.63) is 34.4 Å². The van der Waals surface area contributed by atoms with Crippen molar-refractivity contribution < 1.29 is 22.7 Å². The SMILES string of the molecule is CC.O=C1NCc2c1cc(CN1CCOCC1)cc2C(F)(F)F. The van der Waals surface area contributed by atoms with Crippen molar-refractivity contribution in [2.24, 2.45) is 0 Å². The first-order chi connectivity index (χ1) is 10.9. The summed E-state index contributed by atoms with van der Waals surface area (Å²) in [5.41, 5.74) is 0.00736. The van der Waals surface area contributed by atoms with Gasteiger partial charge in [-0.3, -0.25) is 9.69 Å². The number of nitrogens with zero attached hydrogens (tertiary/aromatic N) is 1. The third-order valence-electron chi connectivity index (χ3n) is 3.80. The Balaban J connectivity index is 0.000000924. The van der Waals surface area contributed by atoms with Gasteiger partial charge in [-0.15, -0.1) is 0 Å². The van der Waals surface area contributed by atoms with Crippen molar-refractivity contribution in [1.82, 2.24) is 10.2 Å². The number of halogens is 3. The highest BCUT2D eigenvalue weighted by Gasteiger charge is 2.37. The van der Waals surface area contributed by atoms with Gasteiger partial charge in [-0.1, -0.05) is 13.8 Å². The second kappa shape index (κ2) is 7.31. The number of ether oxygens (including phenoxy) is 1. The van der Waals surface area contributed by atoms with E-state index in [2.05, 4.69) is 5.32 Å². The Morgan fingerprint density at radius 3 is 2.48 bits per heavy atom. The lowest BCUT2D eigenvalue weighted by atomic mass is 9.98. The molecule has 128 valence electrons. The van der Waals surface area contributed by atoms with Crippen LogP contribution in [0.2, 0.25) is 0 Å². The molecule has 0 aliphatic carbocycles. The predicted molar refractivity (Wildman–Crippen MR) is 80.1 cm³/mol. The van der Waals surface area contributed by atoms with E-state index in [4.69, 9.17) is 4.74 Å². The minimum atomic E-state index is -4.45. The second-order valence-corrected chi connectivity index (χ2v) is 5.24. The monoisotopic (exact) mass is 330 g/mol. The van der Waals surface area contributed by atoms with Gasteiger partial charge in [0.1, 0.15) is 0 Å². The zero-order chi connectivity index (χ0) is 17.0. The fourth-order valence-corrected chi connectivity index (χ4v) is 2.75. The molecule has 1 saturated heterocycles. The van der Waals surface area contributed by atoms with E-state index in [1.54, 1.807) is 6.07 Å². The molecule has 3 rings (SSSR count). The molecule has 0 spiro atoms. The van der Waals surface area contributed by atoms with Gasteiger partial charge in [0, 0.05) is 31.7 Å². The molecule has 2 aliphatic heterocycles. The van der Waals surface area contributed by atoms with Gasteiger partial charge in [-0.05, 0) is 23.3 Å². The molecule has 1 amide bonds. The van der Waals surface area contributed by atoms with E-state index in [0.29, 0.717) is 38.4 Å². The Morgan fingerprint density at radius 2 is 1.87 bits per heavy atom. The van der Waals surface area contributed by atoms with Gasteiger partial charge in [-0.25, -0.2) is 0 Å². The van der Waals surface area contributed by atoms with Gasteiger partial charge >= 0.3 is 6.18 Å². The summed E-state index contributed by atoms with van der Waals surface area (Å²) in [4.78, 5) is 13.7. The highest BCUT2D eigenvalue weighted by molar-refractivity contribution is 5.99. The van der Waals surface area contributed by atoms with E-state index in [0.717, 1.165) is 6.07 Å². The van der Waals surface area contributed by atoms with Crippen molar-refractivity contribution in [2.45, 2.75) is 33.1 Å². The normalized spacial score (nSPS) is 18.0. The molecule has 0 unspecified atom stereocenters. The summed E-state index contributed by atoms with van der Waals surface area (Å²) in [6.45, 7) is 6.87. The van der Waals surface area contributed by atoms with Gasteiger partial charge in [-0.2, -0.15) is 13.2 Å². The van der Waals surface area contributed by atoms with Crippen molar-refractivity contribution >= 4 is 5.91 Å². The van der Waals surface area contributed by atoms with Gasteiger partial charge in [0.15, 0.2) is 0 Å². The molecular weight excluding hydrogens is 309 g/mol. The van der Waals surface area contributed by atoms with Crippen LogP contribution >= 0.6 is 0 Å². The number of nitrogens with one attached hydrogen (secondary N) is 1. The number of rotatable bonds is 2.